The summed E-state index contributed by atoms with van der Waals surface area (Å²) in [6.07, 6.45) is 3.87. The van der Waals surface area contributed by atoms with Crippen LogP contribution in [0.4, 0.5) is 4.79 Å². The summed E-state index contributed by atoms with van der Waals surface area (Å²) in [4.78, 5) is 30.8. The van der Waals surface area contributed by atoms with Gasteiger partial charge in [0.2, 0.25) is 0 Å². The minimum absolute atomic E-state index is 0.378. The fraction of sp³-hybridized carbons (Fsp3) is 0.0909. The van der Waals surface area contributed by atoms with Gasteiger partial charge in [-0.15, -0.1) is 0 Å². The van der Waals surface area contributed by atoms with Gasteiger partial charge in [-0.05, 0) is 18.2 Å². The summed E-state index contributed by atoms with van der Waals surface area (Å²) in [7, 11) is 0. The predicted octanol–water partition coefficient (Wildman–Crippen LogP) is -0.165. The van der Waals surface area contributed by atoms with Crippen molar-refractivity contribution in [1.82, 2.24) is 15.0 Å². The number of fused-ring (bicyclic) bond motifs is 1. The van der Waals surface area contributed by atoms with Gasteiger partial charge in [0.25, 0.3) is 0 Å². The fourth-order valence-corrected chi connectivity index (χ4v) is 1.55. The van der Waals surface area contributed by atoms with E-state index in [0.717, 1.165) is 5.69 Å². The molecule has 0 fully saturated rings. The summed E-state index contributed by atoms with van der Waals surface area (Å²) in [5.74, 6) is 0.682. The van der Waals surface area contributed by atoms with Gasteiger partial charge in [0.1, 0.15) is 11.2 Å². The molecule has 1 aliphatic heterocycles. The van der Waals surface area contributed by atoms with Gasteiger partial charge < -0.3 is 0 Å². The van der Waals surface area contributed by atoms with E-state index in [2.05, 4.69) is 24.9 Å². The number of carbonyl (C=O) groups excluding carboxylic acids is 1. The first kappa shape index (κ1) is 9.71. The van der Waals surface area contributed by atoms with Crippen molar-refractivity contribution >= 4 is 6.03 Å². The molecule has 3 rings (SSSR count). The molecule has 0 saturated carbocycles. The van der Waals surface area contributed by atoms with Crippen LogP contribution in [-0.4, -0.2) is 21.0 Å². The third-order valence-corrected chi connectivity index (χ3v) is 2.29. The van der Waals surface area contributed by atoms with E-state index < -0.39 is 6.03 Å². The van der Waals surface area contributed by atoms with E-state index in [1.165, 1.54) is 0 Å². The van der Waals surface area contributed by atoms with Crippen LogP contribution in [0.5, 0.6) is 0 Å². The molecule has 0 N–H and O–H groups in total. The molecule has 0 bridgehead atoms. The average molecular weight is 225 g/mol. The molecule has 17 heavy (non-hydrogen) atoms. The van der Waals surface area contributed by atoms with Gasteiger partial charge in [0, 0.05) is 12.4 Å². The van der Waals surface area contributed by atoms with E-state index in [1.54, 1.807) is 30.6 Å². The van der Waals surface area contributed by atoms with E-state index in [1.807, 2.05) is 0 Å². The van der Waals surface area contributed by atoms with Crippen LogP contribution in [0.3, 0.4) is 0 Å². The minimum Gasteiger partial charge on any atom is -0.244 e. The lowest BCUT2D eigenvalue weighted by atomic mass is 10.2. The molecule has 1 aliphatic rings. The van der Waals surface area contributed by atoms with Crippen molar-refractivity contribution in [2.75, 3.05) is 0 Å². The van der Waals surface area contributed by atoms with Crippen LogP contribution in [-0.2, 0) is 6.42 Å². The average Bonchev–Trinajstić information content (AvgIpc) is 2.70. The molecule has 0 unspecified atom stereocenters. The Morgan fingerprint density at radius 3 is 2.71 bits per heavy atom. The number of aromatic nitrogens is 3. The summed E-state index contributed by atoms with van der Waals surface area (Å²) in [5, 5.41) is 0.521. The van der Waals surface area contributed by atoms with Crippen LogP contribution in [0.25, 0.3) is 0 Å². The first-order valence-electron chi connectivity index (χ1n) is 5.04. The Kier molecular flexibility index (Phi) is 2.18. The number of amides is 2. The highest BCUT2D eigenvalue weighted by molar-refractivity contribution is 5.77. The number of urea groups is 1. The zero-order chi connectivity index (χ0) is 11.7. The highest BCUT2D eigenvalue weighted by Crippen LogP contribution is 1.98. The lowest BCUT2D eigenvalue weighted by Crippen LogP contribution is -2.26. The monoisotopic (exact) mass is 225 g/mol. The highest BCUT2D eigenvalue weighted by Gasteiger charge is 2.07. The summed E-state index contributed by atoms with van der Waals surface area (Å²) >= 11 is 0. The van der Waals surface area contributed by atoms with Crippen LogP contribution in [0.15, 0.2) is 40.6 Å². The highest BCUT2D eigenvalue weighted by atomic mass is 16.2. The molecular weight excluding hydrogens is 218 g/mol. The molecule has 0 saturated heterocycles. The molecule has 82 valence electrons. The second-order valence-electron chi connectivity index (χ2n) is 3.49. The molecule has 3 heterocycles. The molecule has 0 atom stereocenters. The molecule has 0 radical (unpaired) electrons. The van der Waals surface area contributed by atoms with Crippen LogP contribution in [0.2, 0.25) is 0 Å². The maximum atomic E-state index is 11.0. The Morgan fingerprint density at radius 1 is 1.06 bits per heavy atom. The molecule has 0 aliphatic carbocycles. The Morgan fingerprint density at radius 2 is 1.88 bits per heavy atom. The van der Waals surface area contributed by atoms with Gasteiger partial charge >= 0.3 is 6.03 Å². The van der Waals surface area contributed by atoms with Crippen molar-refractivity contribution in [2.45, 2.75) is 6.42 Å². The smallest absolute Gasteiger partial charge is 0.244 e. The Labute approximate surface area is 95.8 Å². The third kappa shape index (κ3) is 1.92. The van der Waals surface area contributed by atoms with Gasteiger partial charge in [-0.2, -0.15) is 9.98 Å². The van der Waals surface area contributed by atoms with Crippen LogP contribution >= 0.6 is 0 Å². The molecule has 2 amide bonds. The van der Waals surface area contributed by atoms with Crippen LogP contribution < -0.4 is 10.8 Å². The van der Waals surface area contributed by atoms with E-state index in [4.69, 9.17) is 0 Å². The molecule has 2 aromatic heterocycles. The molecule has 6 heteroatoms. The zero-order valence-corrected chi connectivity index (χ0v) is 8.74. The molecule has 2 aromatic rings. The van der Waals surface area contributed by atoms with Crippen molar-refractivity contribution in [2.24, 2.45) is 9.98 Å². The quantitative estimate of drug-likeness (QED) is 0.711. The van der Waals surface area contributed by atoms with Gasteiger partial charge in [-0.25, -0.2) is 19.7 Å². The number of rotatable bonds is 2. The SMILES string of the molecule is O=C1N=c2ccc(Cc3ncccn3)nc2=N1. The Hall–Kier alpha value is -2.50. The number of hydrogen-bond donors (Lipinski definition) is 0. The third-order valence-electron chi connectivity index (χ3n) is 2.29. The van der Waals surface area contributed by atoms with Gasteiger partial charge in [-0.1, -0.05) is 0 Å². The standard InChI is InChI=1S/C11H7N5O/c17-11-15-8-3-2-7(14-10(8)16-11)6-9-12-4-1-5-13-9/h1-5H,6H2. The Balaban J connectivity index is 1.98. The summed E-state index contributed by atoms with van der Waals surface area (Å²) in [6, 6.07) is 4.79. The Bertz CT molecular complexity index is 696. The number of hydrogen-bond acceptors (Lipinski definition) is 4. The largest absolute Gasteiger partial charge is 0.369 e. The normalized spacial score (nSPS) is 12.8. The second-order valence-corrected chi connectivity index (χ2v) is 3.49. The van der Waals surface area contributed by atoms with Gasteiger partial charge in [-0.3, -0.25) is 0 Å². The van der Waals surface area contributed by atoms with Crippen molar-refractivity contribution < 1.29 is 4.79 Å². The second kappa shape index (κ2) is 3.82. The van der Waals surface area contributed by atoms with Crippen molar-refractivity contribution in [1.29, 1.82) is 0 Å². The first-order valence-corrected chi connectivity index (χ1v) is 5.04. The van der Waals surface area contributed by atoms with Crippen LogP contribution in [0, 0.1) is 0 Å². The fourth-order valence-electron chi connectivity index (χ4n) is 1.55. The van der Waals surface area contributed by atoms with E-state index in [-0.39, 0.29) is 0 Å². The van der Waals surface area contributed by atoms with Gasteiger partial charge in [0.15, 0.2) is 5.49 Å². The van der Waals surface area contributed by atoms with Crippen molar-refractivity contribution in [3.63, 3.8) is 0 Å². The lowest BCUT2D eigenvalue weighted by Gasteiger charge is -1.97. The maximum absolute atomic E-state index is 11.0. The topological polar surface area (TPSA) is 80.5 Å². The van der Waals surface area contributed by atoms with Crippen LogP contribution in [0.1, 0.15) is 11.5 Å². The number of pyridine rings is 1. The first-order chi connectivity index (χ1) is 8.31. The maximum Gasteiger partial charge on any atom is 0.369 e. The summed E-state index contributed by atoms with van der Waals surface area (Å²) in [5.41, 5.74) is 1.15. The van der Waals surface area contributed by atoms with Crippen molar-refractivity contribution in [3.05, 3.63) is 53.0 Å². The van der Waals surface area contributed by atoms with Crippen molar-refractivity contribution in [3.8, 4) is 0 Å². The predicted molar refractivity (Wildman–Crippen MR) is 56.8 cm³/mol. The molecule has 0 aromatic carbocycles. The van der Waals surface area contributed by atoms with Gasteiger partial charge in [0.05, 0.1) is 12.1 Å². The zero-order valence-electron chi connectivity index (χ0n) is 8.74. The summed E-state index contributed by atoms with van der Waals surface area (Å²) in [6.45, 7) is 0. The van der Waals surface area contributed by atoms with E-state index in [9.17, 15) is 4.79 Å². The molecular formula is C11H7N5O. The van der Waals surface area contributed by atoms with E-state index in [0.29, 0.717) is 23.1 Å². The lowest BCUT2D eigenvalue weighted by molar-refractivity contribution is 0.256. The minimum atomic E-state index is -0.499. The summed E-state index contributed by atoms with van der Waals surface area (Å²) < 4.78 is 0. The van der Waals surface area contributed by atoms with E-state index >= 15 is 0 Å². The number of carbonyl (C=O) groups is 1. The molecule has 6 nitrogen and oxygen atoms in total. The molecule has 0 spiro atoms. The number of nitrogens with zero attached hydrogens (tertiary/aromatic N) is 5.